The fourth-order valence-electron chi connectivity index (χ4n) is 7.09. The Morgan fingerprint density at radius 3 is 2.00 bits per heavy atom. The van der Waals surface area contributed by atoms with E-state index in [0.717, 1.165) is 67.1 Å². The van der Waals surface area contributed by atoms with Crippen molar-refractivity contribution < 1.29 is 28.6 Å². The number of pyridine rings is 1. The summed E-state index contributed by atoms with van der Waals surface area (Å²) in [6, 6.07) is 57.7. The van der Waals surface area contributed by atoms with Gasteiger partial charge in [0.15, 0.2) is 0 Å². The summed E-state index contributed by atoms with van der Waals surface area (Å²) in [5.41, 5.74) is 12.6. The van der Waals surface area contributed by atoms with Crippen LogP contribution in [0.4, 0.5) is 0 Å². The number of nitrogens with zero attached hydrogens (tertiary/aromatic N) is 3. The normalized spacial score (nSPS) is 12.1. The molecular weight excluding hydrogens is 863 g/mol. The first-order valence-electron chi connectivity index (χ1n) is 20.2. The van der Waals surface area contributed by atoms with Crippen molar-refractivity contribution in [2.24, 2.45) is 0 Å². The molecule has 0 spiro atoms. The first-order valence-corrected chi connectivity index (χ1v) is 18.7. The number of aromatic nitrogens is 3. The van der Waals surface area contributed by atoms with Gasteiger partial charge < -0.3 is 14.0 Å². The van der Waals surface area contributed by atoms with Gasteiger partial charge in [0, 0.05) is 41.7 Å². The predicted octanol–water partition coefficient (Wildman–Crippen LogP) is 13.7. The maximum absolute atomic E-state index is 7.23. The molecule has 3 aromatic heterocycles. The van der Waals surface area contributed by atoms with Gasteiger partial charge in [-0.15, -0.1) is 47.5 Å². The molecule has 4 nitrogen and oxygen atoms in total. The molecule has 3 heterocycles. The van der Waals surface area contributed by atoms with Gasteiger partial charge in [0.2, 0.25) is 0 Å². The van der Waals surface area contributed by atoms with Crippen molar-refractivity contribution in [2.45, 2.75) is 46.4 Å². The van der Waals surface area contributed by atoms with Gasteiger partial charge in [-0.2, -0.15) is 0 Å². The molecule has 0 amide bonds. The molecule has 0 unspecified atom stereocenters. The average molecular weight is 909 g/mol. The fourth-order valence-corrected chi connectivity index (χ4v) is 7.09. The molecule has 5 heteroatoms. The summed E-state index contributed by atoms with van der Waals surface area (Å²) in [5, 5.41) is 1.04. The summed E-state index contributed by atoms with van der Waals surface area (Å²) in [4.78, 5) is 9.38. The Bertz CT molecular complexity index is 2790. The quantitative estimate of drug-likeness (QED) is 0.150. The topological polar surface area (TPSA) is 43.9 Å². The smallest absolute Gasteiger partial charge is 0.123 e. The molecular formula is C51H43IrN3O-2. The van der Waals surface area contributed by atoms with Crippen molar-refractivity contribution in [2.75, 3.05) is 0 Å². The third-order valence-electron chi connectivity index (χ3n) is 9.82. The van der Waals surface area contributed by atoms with E-state index in [1.165, 1.54) is 23.0 Å². The Morgan fingerprint density at radius 1 is 0.679 bits per heavy atom. The van der Waals surface area contributed by atoms with Crippen LogP contribution in [0.15, 0.2) is 162 Å². The molecule has 6 aromatic carbocycles. The molecule has 0 aliphatic heterocycles. The van der Waals surface area contributed by atoms with Crippen molar-refractivity contribution >= 4 is 22.0 Å². The van der Waals surface area contributed by atoms with Crippen molar-refractivity contribution in [1.82, 2.24) is 14.5 Å². The third kappa shape index (κ3) is 7.79. The van der Waals surface area contributed by atoms with E-state index in [2.05, 4.69) is 146 Å². The maximum Gasteiger partial charge on any atom is 0.123 e. The Hall–Kier alpha value is -5.87. The molecule has 0 aliphatic rings. The van der Waals surface area contributed by atoms with E-state index in [0.29, 0.717) is 11.8 Å². The second-order valence-electron chi connectivity index (χ2n) is 14.2. The van der Waals surface area contributed by atoms with Gasteiger partial charge in [-0.3, -0.25) is 4.98 Å². The van der Waals surface area contributed by atoms with Crippen LogP contribution in [0.25, 0.3) is 72.8 Å². The Morgan fingerprint density at radius 2 is 1.36 bits per heavy atom. The van der Waals surface area contributed by atoms with E-state index >= 15 is 0 Å². The van der Waals surface area contributed by atoms with Crippen LogP contribution in [0.2, 0.25) is 0 Å². The molecule has 56 heavy (non-hydrogen) atoms. The van der Waals surface area contributed by atoms with Crippen LogP contribution in [0.5, 0.6) is 0 Å². The summed E-state index contributed by atoms with van der Waals surface area (Å²) in [6.45, 7) is 6.97. The monoisotopic (exact) mass is 909 g/mol. The molecule has 0 aliphatic carbocycles. The summed E-state index contributed by atoms with van der Waals surface area (Å²) < 4.78 is 30.6. The summed E-state index contributed by atoms with van der Waals surface area (Å²) in [7, 11) is 0. The number of imidazole rings is 1. The van der Waals surface area contributed by atoms with E-state index in [1.807, 2.05) is 36.4 Å². The van der Waals surface area contributed by atoms with Crippen molar-refractivity contribution in [3.05, 3.63) is 187 Å². The van der Waals surface area contributed by atoms with Crippen LogP contribution in [0.1, 0.15) is 60.3 Å². The first-order chi connectivity index (χ1) is 28.1. The Kier molecular flexibility index (Phi) is 10.4. The van der Waals surface area contributed by atoms with E-state index in [1.54, 1.807) is 18.2 Å². The average Bonchev–Trinajstić information content (AvgIpc) is 3.86. The van der Waals surface area contributed by atoms with E-state index < -0.39 is 6.85 Å². The fraction of sp³-hybridized carbons (Fsp3) is 0.137. The molecule has 0 saturated carbocycles. The molecule has 0 atom stereocenters. The van der Waals surface area contributed by atoms with Gasteiger partial charge in [-0.05, 0) is 64.8 Å². The van der Waals surface area contributed by atoms with Crippen LogP contribution in [-0.2, 0) is 20.1 Å². The molecule has 9 aromatic rings. The van der Waals surface area contributed by atoms with Crippen molar-refractivity contribution in [3.63, 3.8) is 0 Å². The van der Waals surface area contributed by atoms with E-state index in [9.17, 15) is 0 Å². The van der Waals surface area contributed by atoms with Crippen molar-refractivity contribution in [3.8, 4) is 50.8 Å². The SMILES string of the molecule is CC(C)c1cccc(C(C)C)c1-n1c(-c2[c-]c3oc(-c4ccccc4)cc3c(-c3ccccc3)c2)nc2ccccc21.[2H]C([2H])([2H])c1ccc(-c2[c-]cccc2)nc1.[Ir]. The van der Waals surface area contributed by atoms with Crippen LogP contribution in [0.3, 0.4) is 0 Å². The van der Waals surface area contributed by atoms with Crippen molar-refractivity contribution in [1.29, 1.82) is 0 Å². The van der Waals surface area contributed by atoms with E-state index in [-0.39, 0.29) is 25.7 Å². The predicted molar refractivity (Wildman–Crippen MR) is 227 cm³/mol. The molecule has 9 rings (SSSR count). The standard InChI is InChI=1S/C39H33N2O.C12H10N.Ir/c1-25(2)30-18-13-19-31(26(3)4)38(30)41-35-21-12-11-20-34(35)40-39(41)29-22-32(27-14-7-5-8-15-27)33-24-36(42-37(33)23-29)28-16-9-6-10-17-28;1-10-7-8-12(13-9-10)11-5-3-2-4-6-11;/h5-22,24-26H,1-4H3;2-5,7-9H,1H3;/q2*-1;/i;1D3;. The summed E-state index contributed by atoms with van der Waals surface area (Å²) in [5.74, 6) is 2.38. The number of rotatable bonds is 7. The minimum atomic E-state index is -2.09. The number of hydrogen-bond donors (Lipinski definition) is 0. The molecule has 0 fully saturated rings. The molecule has 279 valence electrons. The number of aryl methyl sites for hydroxylation is 1. The first kappa shape index (κ1) is 34.6. The van der Waals surface area contributed by atoms with Crippen LogP contribution >= 0.6 is 0 Å². The van der Waals surface area contributed by atoms with Gasteiger partial charge in [0.25, 0.3) is 0 Å². The van der Waals surface area contributed by atoms with Crippen LogP contribution < -0.4 is 0 Å². The van der Waals surface area contributed by atoms with Crippen LogP contribution in [-0.4, -0.2) is 14.5 Å². The van der Waals surface area contributed by atoms with E-state index in [4.69, 9.17) is 13.5 Å². The zero-order chi connectivity index (χ0) is 40.4. The Labute approximate surface area is 347 Å². The van der Waals surface area contributed by atoms with Gasteiger partial charge in [0.1, 0.15) is 5.76 Å². The molecule has 0 saturated heterocycles. The number of benzene rings is 6. The number of furan rings is 1. The van der Waals surface area contributed by atoms with Gasteiger partial charge in [-0.1, -0.05) is 148 Å². The number of para-hydroxylation sites is 3. The minimum absolute atomic E-state index is 0. The number of fused-ring (bicyclic) bond motifs is 2. The molecule has 1 radical (unpaired) electrons. The molecule has 0 bridgehead atoms. The Balaban J connectivity index is 0.000000262. The molecule has 0 N–H and O–H groups in total. The van der Waals surface area contributed by atoms with Crippen LogP contribution in [0, 0.1) is 19.0 Å². The zero-order valence-corrected chi connectivity index (χ0v) is 34.1. The zero-order valence-electron chi connectivity index (χ0n) is 34.7. The van der Waals surface area contributed by atoms with Gasteiger partial charge >= 0.3 is 0 Å². The van der Waals surface area contributed by atoms with Gasteiger partial charge in [0.05, 0.1) is 22.4 Å². The second kappa shape index (κ2) is 16.9. The summed E-state index contributed by atoms with van der Waals surface area (Å²) >= 11 is 0. The largest absolute Gasteiger partial charge is 0.477 e. The van der Waals surface area contributed by atoms with Gasteiger partial charge in [-0.25, -0.2) is 0 Å². The third-order valence-corrected chi connectivity index (χ3v) is 9.82. The minimum Gasteiger partial charge on any atom is -0.477 e. The number of hydrogen-bond acceptors (Lipinski definition) is 3. The maximum atomic E-state index is 7.23. The second-order valence-corrected chi connectivity index (χ2v) is 14.2. The summed E-state index contributed by atoms with van der Waals surface area (Å²) in [6.07, 6.45) is 1.39.